The molecule has 15 heavy (non-hydrogen) atoms. The molecule has 0 aliphatic carbocycles. The number of nitrogens with two attached hydrogens (primary N) is 1. The zero-order valence-corrected chi connectivity index (χ0v) is 9.41. The third-order valence-electron chi connectivity index (χ3n) is 2.24. The summed E-state index contributed by atoms with van der Waals surface area (Å²) >= 11 is 0. The Bertz CT molecular complexity index is 276. The molecule has 0 unspecified atom stereocenters. The number of nitrogen functional groups attached to an aromatic ring is 1. The minimum Gasteiger partial charge on any atom is -0.478 e. The number of nitrogens with zero attached hydrogens (tertiary/aromatic N) is 1. The van der Waals surface area contributed by atoms with Crippen LogP contribution in [0.1, 0.15) is 39.0 Å². The van der Waals surface area contributed by atoms with Crippen LogP contribution in [-0.2, 0) is 0 Å². The van der Waals surface area contributed by atoms with E-state index in [4.69, 9.17) is 10.5 Å². The van der Waals surface area contributed by atoms with Gasteiger partial charge in [-0.1, -0.05) is 38.7 Å². The zero-order chi connectivity index (χ0) is 10.9. The van der Waals surface area contributed by atoms with Crippen molar-refractivity contribution in [2.75, 3.05) is 12.3 Å². The van der Waals surface area contributed by atoms with Crippen LogP contribution < -0.4 is 10.5 Å². The highest BCUT2D eigenvalue weighted by Crippen LogP contribution is 2.09. The van der Waals surface area contributed by atoms with Crippen molar-refractivity contribution in [1.29, 1.82) is 0 Å². The van der Waals surface area contributed by atoms with Crippen LogP contribution in [0.25, 0.3) is 0 Å². The monoisotopic (exact) mass is 208 g/mol. The molecule has 1 aromatic heterocycles. The van der Waals surface area contributed by atoms with E-state index in [-0.39, 0.29) is 0 Å². The highest BCUT2D eigenvalue weighted by Gasteiger charge is 1.95. The summed E-state index contributed by atoms with van der Waals surface area (Å²) in [4.78, 5) is 4.06. The number of rotatable bonds is 7. The molecular formula is C12H20N2O. The van der Waals surface area contributed by atoms with Crippen LogP contribution in [0, 0.1) is 0 Å². The minimum absolute atomic E-state index is 0.512. The van der Waals surface area contributed by atoms with Crippen molar-refractivity contribution in [3.05, 3.63) is 18.2 Å². The molecule has 2 N–H and O–H groups in total. The molecule has 0 aromatic carbocycles. The second-order valence-electron chi connectivity index (χ2n) is 3.66. The second-order valence-corrected chi connectivity index (χ2v) is 3.66. The maximum atomic E-state index is 5.54. The van der Waals surface area contributed by atoms with E-state index in [1.807, 2.05) is 12.1 Å². The lowest BCUT2D eigenvalue weighted by Gasteiger charge is -2.05. The van der Waals surface area contributed by atoms with Crippen LogP contribution in [0.2, 0.25) is 0 Å². The number of pyridine rings is 1. The predicted molar refractivity (Wildman–Crippen MR) is 62.9 cm³/mol. The summed E-state index contributed by atoms with van der Waals surface area (Å²) in [5.74, 6) is 1.14. The quantitative estimate of drug-likeness (QED) is 0.701. The predicted octanol–water partition coefficient (Wildman–Crippen LogP) is 3.01. The number of aromatic nitrogens is 1. The Balaban J connectivity index is 2.10. The van der Waals surface area contributed by atoms with E-state index in [1.165, 1.54) is 25.7 Å². The molecular weight excluding hydrogens is 188 g/mol. The summed E-state index contributed by atoms with van der Waals surface area (Å²) in [6.45, 7) is 2.95. The molecule has 0 radical (unpaired) electrons. The van der Waals surface area contributed by atoms with Gasteiger partial charge in [0.05, 0.1) is 6.61 Å². The Morgan fingerprint density at radius 1 is 1.20 bits per heavy atom. The topological polar surface area (TPSA) is 48.1 Å². The Hall–Kier alpha value is -1.25. The van der Waals surface area contributed by atoms with Gasteiger partial charge in [0, 0.05) is 6.07 Å². The fourth-order valence-corrected chi connectivity index (χ4v) is 1.39. The van der Waals surface area contributed by atoms with E-state index in [1.54, 1.807) is 6.07 Å². The van der Waals surface area contributed by atoms with Gasteiger partial charge in [-0.2, -0.15) is 4.98 Å². The normalized spacial score (nSPS) is 10.2. The van der Waals surface area contributed by atoms with Gasteiger partial charge in [-0.05, 0) is 12.5 Å². The largest absolute Gasteiger partial charge is 0.478 e. The first-order valence-corrected chi connectivity index (χ1v) is 5.68. The summed E-state index contributed by atoms with van der Waals surface area (Å²) in [5.41, 5.74) is 5.54. The standard InChI is InChI=1S/C12H20N2O/c1-2-3-4-5-6-10-15-12-9-7-8-11(13)14-12/h7-9H,2-6,10H2,1H3,(H2,13,14). The molecule has 0 spiro atoms. The first kappa shape index (κ1) is 11.8. The first-order valence-electron chi connectivity index (χ1n) is 5.68. The van der Waals surface area contributed by atoms with Crippen LogP contribution in [0.4, 0.5) is 5.82 Å². The third-order valence-corrected chi connectivity index (χ3v) is 2.24. The van der Waals surface area contributed by atoms with Crippen molar-refractivity contribution in [1.82, 2.24) is 4.98 Å². The first-order chi connectivity index (χ1) is 7.33. The lowest BCUT2D eigenvalue weighted by Crippen LogP contribution is -2.00. The van der Waals surface area contributed by atoms with Crippen LogP contribution in [-0.4, -0.2) is 11.6 Å². The molecule has 3 nitrogen and oxygen atoms in total. The van der Waals surface area contributed by atoms with Gasteiger partial charge in [0.1, 0.15) is 5.82 Å². The number of anilines is 1. The molecule has 0 fully saturated rings. The van der Waals surface area contributed by atoms with Gasteiger partial charge in [0.25, 0.3) is 0 Å². The molecule has 1 heterocycles. The summed E-state index contributed by atoms with van der Waals surface area (Å²) < 4.78 is 5.48. The molecule has 0 saturated heterocycles. The summed E-state index contributed by atoms with van der Waals surface area (Å²) in [6, 6.07) is 5.45. The van der Waals surface area contributed by atoms with Crippen molar-refractivity contribution in [2.24, 2.45) is 0 Å². The van der Waals surface area contributed by atoms with Gasteiger partial charge in [-0.3, -0.25) is 0 Å². The maximum absolute atomic E-state index is 5.54. The molecule has 3 heteroatoms. The van der Waals surface area contributed by atoms with Crippen LogP contribution in [0.3, 0.4) is 0 Å². The summed E-state index contributed by atoms with van der Waals surface area (Å²) in [5, 5.41) is 0. The van der Waals surface area contributed by atoms with Crippen molar-refractivity contribution >= 4 is 5.82 Å². The zero-order valence-electron chi connectivity index (χ0n) is 9.41. The highest BCUT2D eigenvalue weighted by atomic mass is 16.5. The smallest absolute Gasteiger partial charge is 0.215 e. The SMILES string of the molecule is CCCCCCCOc1cccc(N)n1. The molecule has 0 bridgehead atoms. The fraction of sp³-hybridized carbons (Fsp3) is 0.583. The van der Waals surface area contributed by atoms with Gasteiger partial charge < -0.3 is 10.5 Å². The molecule has 0 saturated carbocycles. The Labute approximate surface area is 91.7 Å². The van der Waals surface area contributed by atoms with Crippen molar-refractivity contribution in [3.8, 4) is 5.88 Å². The van der Waals surface area contributed by atoms with Gasteiger partial charge >= 0.3 is 0 Å². The van der Waals surface area contributed by atoms with E-state index in [0.717, 1.165) is 13.0 Å². The van der Waals surface area contributed by atoms with Crippen molar-refractivity contribution in [3.63, 3.8) is 0 Å². The second kappa shape index (κ2) is 7.10. The van der Waals surface area contributed by atoms with E-state index < -0.39 is 0 Å². The Morgan fingerprint density at radius 2 is 2.00 bits per heavy atom. The lowest BCUT2D eigenvalue weighted by atomic mass is 10.2. The molecule has 0 aliphatic heterocycles. The lowest BCUT2D eigenvalue weighted by molar-refractivity contribution is 0.294. The Kier molecular flexibility index (Phi) is 5.59. The van der Waals surface area contributed by atoms with Gasteiger partial charge in [-0.15, -0.1) is 0 Å². The van der Waals surface area contributed by atoms with E-state index in [0.29, 0.717) is 11.7 Å². The van der Waals surface area contributed by atoms with Crippen molar-refractivity contribution < 1.29 is 4.74 Å². The Morgan fingerprint density at radius 3 is 2.73 bits per heavy atom. The van der Waals surface area contributed by atoms with E-state index in [2.05, 4.69) is 11.9 Å². The summed E-state index contributed by atoms with van der Waals surface area (Å²) in [6.07, 6.45) is 6.21. The highest BCUT2D eigenvalue weighted by molar-refractivity contribution is 5.30. The van der Waals surface area contributed by atoms with Gasteiger partial charge in [0.2, 0.25) is 5.88 Å². The molecule has 0 atom stereocenters. The molecule has 0 aliphatic rings. The van der Waals surface area contributed by atoms with E-state index >= 15 is 0 Å². The average molecular weight is 208 g/mol. The van der Waals surface area contributed by atoms with E-state index in [9.17, 15) is 0 Å². The van der Waals surface area contributed by atoms with Crippen LogP contribution in [0.5, 0.6) is 5.88 Å². The summed E-state index contributed by atoms with van der Waals surface area (Å²) in [7, 11) is 0. The number of hydrogen-bond donors (Lipinski definition) is 1. The molecule has 1 aromatic rings. The molecule has 1 rings (SSSR count). The van der Waals surface area contributed by atoms with Crippen LogP contribution >= 0.6 is 0 Å². The maximum Gasteiger partial charge on any atom is 0.215 e. The van der Waals surface area contributed by atoms with Crippen molar-refractivity contribution in [2.45, 2.75) is 39.0 Å². The van der Waals surface area contributed by atoms with Gasteiger partial charge in [0.15, 0.2) is 0 Å². The van der Waals surface area contributed by atoms with Crippen LogP contribution in [0.15, 0.2) is 18.2 Å². The molecule has 84 valence electrons. The fourth-order valence-electron chi connectivity index (χ4n) is 1.39. The van der Waals surface area contributed by atoms with Gasteiger partial charge in [-0.25, -0.2) is 0 Å². The number of unbranched alkanes of at least 4 members (excludes halogenated alkanes) is 4. The minimum atomic E-state index is 0.512. The number of ether oxygens (including phenoxy) is 1. The average Bonchev–Trinajstić information content (AvgIpc) is 2.23. The number of hydrogen-bond acceptors (Lipinski definition) is 3. The molecule has 0 amide bonds. The third kappa shape index (κ3) is 5.25.